The number of nitrogens with one attached hydrogen (secondary N) is 1. The molecule has 1 fully saturated rings. The second-order valence-corrected chi connectivity index (χ2v) is 7.04. The van der Waals surface area contributed by atoms with Crippen molar-refractivity contribution in [3.8, 4) is 17.2 Å². The lowest BCUT2D eigenvalue weighted by molar-refractivity contribution is -0.0855. The van der Waals surface area contributed by atoms with Crippen LogP contribution < -0.4 is 5.32 Å². The fourth-order valence-corrected chi connectivity index (χ4v) is 3.23. The molecule has 0 spiro atoms. The number of carbonyl (C=O) groups excluding carboxylic acids is 1. The first kappa shape index (κ1) is 20.1. The molecule has 0 aliphatic carbocycles. The molecule has 1 aromatic carbocycles. The highest BCUT2D eigenvalue weighted by Gasteiger charge is 2.20. The van der Waals surface area contributed by atoms with E-state index >= 15 is 0 Å². The van der Waals surface area contributed by atoms with Gasteiger partial charge in [0.2, 0.25) is 0 Å². The van der Waals surface area contributed by atoms with Crippen LogP contribution in [-0.2, 0) is 9.47 Å². The van der Waals surface area contributed by atoms with E-state index in [0.29, 0.717) is 49.3 Å². The molecule has 9 heteroatoms. The van der Waals surface area contributed by atoms with Crippen molar-refractivity contribution in [1.29, 1.82) is 0 Å². The Balaban J connectivity index is 1.55. The van der Waals surface area contributed by atoms with Crippen LogP contribution >= 0.6 is 0 Å². The summed E-state index contributed by atoms with van der Waals surface area (Å²) < 4.78 is 25.7. The van der Waals surface area contributed by atoms with Gasteiger partial charge in [-0.25, -0.2) is 19.0 Å². The van der Waals surface area contributed by atoms with E-state index in [9.17, 15) is 9.18 Å². The number of hydrogen-bond donors (Lipinski definition) is 1. The maximum absolute atomic E-state index is 13.3. The molecule has 2 aromatic heterocycles. The first-order valence-corrected chi connectivity index (χ1v) is 9.65. The highest BCUT2D eigenvalue weighted by Crippen LogP contribution is 2.22. The lowest BCUT2D eigenvalue weighted by atomic mass is 10.1. The first-order chi connectivity index (χ1) is 14.5. The molecule has 156 valence electrons. The van der Waals surface area contributed by atoms with Gasteiger partial charge in [-0.3, -0.25) is 4.79 Å². The molecular formula is C21H22FN5O3. The summed E-state index contributed by atoms with van der Waals surface area (Å²) in [4.78, 5) is 21.5. The number of carbonyl (C=O) groups is 1. The Hall–Kier alpha value is -3.17. The van der Waals surface area contributed by atoms with Gasteiger partial charge < -0.3 is 14.8 Å². The van der Waals surface area contributed by atoms with Crippen molar-refractivity contribution in [2.24, 2.45) is 0 Å². The Kier molecular flexibility index (Phi) is 5.82. The summed E-state index contributed by atoms with van der Waals surface area (Å²) >= 11 is 0. The summed E-state index contributed by atoms with van der Waals surface area (Å²) in [5.74, 6) is -0.228. The third-order valence-electron chi connectivity index (χ3n) is 4.90. The zero-order valence-corrected chi connectivity index (χ0v) is 16.8. The van der Waals surface area contributed by atoms with Gasteiger partial charge in [-0.05, 0) is 43.7 Å². The molecule has 1 atom stereocenters. The van der Waals surface area contributed by atoms with E-state index in [0.717, 1.165) is 11.1 Å². The Morgan fingerprint density at radius 3 is 2.77 bits per heavy atom. The van der Waals surface area contributed by atoms with E-state index in [4.69, 9.17) is 9.47 Å². The Labute approximate surface area is 173 Å². The van der Waals surface area contributed by atoms with Crippen LogP contribution in [0.4, 0.5) is 4.39 Å². The third-order valence-corrected chi connectivity index (χ3v) is 4.90. The summed E-state index contributed by atoms with van der Waals surface area (Å²) in [6.45, 7) is 5.59. The Morgan fingerprint density at radius 1 is 1.23 bits per heavy atom. The number of aromatic nitrogens is 4. The zero-order valence-electron chi connectivity index (χ0n) is 16.8. The summed E-state index contributed by atoms with van der Waals surface area (Å²) in [7, 11) is 0. The van der Waals surface area contributed by atoms with Crippen LogP contribution in [0, 0.1) is 19.7 Å². The molecule has 0 unspecified atom stereocenters. The summed E-state index contributed by atoms with van der Waals surface area (Å²) in [5.41, 5.74) is 3.34. The van der Waals surface area contributed by atoms with Crippen molar-refractivity contribution in [3.05, 3.63) is 59.3 Å². The van der Waals surface area contributed by atoms with Gasteiger partial charge in [0, 0.05) is 18.3 Å². The molecule has 3 heterocycles. The van der Waals surface area contributed by atoms with E-state index in [1.165, 1.54) is 23.0 Å². The molecule has 8 nitrogen and oxygen atoms in total. The van der Waals surface area contributed by atoms with E-state index < -0.39 is 0 Å². The van der Waals surface area contributed by atoms with Crippen molar-refractivity contribution >= 4 is 5.91 Å². The van der Waals surface area contributed by atoms with Gasteiger partial charge in [-0.15, -0.1) is 0 Å². The summed E-state index contributed by atoms with van der Waals surface area (Å²) in [5, 5.41) is 7.15. The normalized spacial score (nSPS) is 16.4. The van der Waals surface area contributed by atoms with Crippen LogP contribution in [0.1, 0.15) is 21.6 Å². The van der Waals surface area contributed by atoms with Crippen LogP contribution in [0.3, 0.4) is 0 Å². The van der Waals surface area contributed by atoms with Gasteiger partial charge in [0.25, 0.3) is 11.9 Å². The monoisotopic (exact) mass is 411 g/mol. The molecule has 1 amide bonds. The van der Waals surface area contributed by atoms with Gasteiger partial charge in [0.05, 0.1) is 49.1 Å². The van der Waals surface area contributed by atoms with Crippen molar-refractivity contribution in [2.45, 2.75) is 20.0 Å². The topological polar surface area (TPSA) is 91.2 Å². The maximum Gasteiger partial charge on any atom is 0.254 e. The molecule has 0 saturated carbocycles. The van der Waals surface area contributed by atoms with E-state index in [1.807, 2.05) is 6.92 Å². The molecule has 1 aliphatic heterocycles. The molecule has 1 aliphatic rings. The van der Waals surface area contributed by atoms with Crippen molar-refractivity contribution in [1.82, 2.24) is 25.1 Å². The van der Waals surface area contributed by atoms with E-state index in [2.05, 4.69) is 20.4 Å². The van der Waals surface area contributed by atoms with E-state index in [-0.39, 0.29) is 17.8 Å². The molecule has 4 rings (SSSR count). The summed E-state index contributed by atoms with van der Waals surface area (Å²) in [6, 6.07) is 6.11. The predicted octanol–water partition coefficient (Wildman–Crippen LogP) is 2.23. The van der Waals surface area contributed by atoms with Gasteiger partial charge in [-0.1, -0.05) is 0 Å². The number of ether oxygens (including phenoxy) is 2. The van der Waals surface area contributed by atoms with Gasteiger partial charge in [0.15, 0.2) is 0 Å². The second kappa shape index (κ2) is 8.68. The van der Waals surface area contributed by atoms with Crippen LogP contribution in [0.15, 0.2) is 36.7 Å². The maximum atomic E-state index is 13.3. The SMILES string of the molecule is Cc1cnc(-n2ncc(C(=O)NC[C@@H]3COCCO3)c2C)nc1-c1ccc(F)cc1. The minimum absolute atomic E-state index is 0.156. The number of hydrogen-bond acceptors (Lipinski definition) is 6. The Morgan fingerprint density at radius 2 is 2.03 bits per heavy atom. The number of rotatable bonds is 5. The van der Waals surface area contributed by atoms with Crippen molar-refractivity contribution in [2.75, 3.05) is 26.4 Å². The molecular weight excluding hydrogens is 389 g/mol. The van der Waals surface area contributed by atoms with Crippen molar-refractivity contribution in [3.63, 3.8) is 0 Å². The molecule has 1 saturated heterocycles. The standard InChI is InChI=1S/C21H22FN5O3/c1-13-9-24-21(26-19(13)15-3-5-16(22)6-4-15)27-14(2)18(11-25-27)20(28)23-10-17-12-29-7-8-30-17/h3-6,9,11,17H,7-8,10,12H2,1-2H3,(H,23,28)/t17-/m1/s1. The highest BCUT2D eigenvalue weighted by atomic mass is 19.1. The molecule has 0 radical (unpaired) electrons. The zero-order chi connectivity index (χ0) is 21.1. The predicted molar refractivity (Wildman–Crippen MR) is 107 cm³/mol. The lowest BCUT2D eigenvalue weighted by Gasteiger charge is -2.23. The van der Waals surface area contributed by atoms with E-state index in [1.54, 1.807) is 25.3 Å². The van der Waals surface area contributed by atoms with Gasteiger partial charge in [-0.2, -0.15) is 5.10 Å². The molecule has 3 aromatic rings. The average Bonchev–Trinajstić information content (AvgIpc) is 3.15. The summed E-state index contributed by atoms with van der Waals surface area (Å²) in [6.07, 6.45) is 3.02. The average molecular weight is 411 g/mol. The molecule has 1 N–H and O–H groups in total. The molecule has 30 heavy (non-hydrogen) atoms. The fourth-order valence-electron chi connectivity index (χ4n) is 3.23. The van der Waals surface area contributed by atoms with Crippen LogP contribution in [-0.4, -0.2) is 58.1 Å². The molecule has 0 bridgehead atoms. The Bertz CT molecular complexity index is 1050. The highest BCUT2D eigenvalue weighted by molar-refractivity contribution is 5.95. The fraction of sp³-hybridized carbons (Fsp3) is 0.333. The third kappa shape index (κ3) is 4.22. The minimum Gasteiger partial charge on any atom is -0.376 e. The number of nitrogens with zero attached hydrogens (tertiary/aromatic N) is 4. The lowest BCUT2D eigenvalue weighted by Crippen LogP contribution is -2.39. The quantitative estimate of drug-likeness (QED) is 0.692. The largest absolute Gasteiger partial charge is 0.376 e. The number of benzene rings is 1. The smallest absolute Gasteiger partial charge is 0.254 e. The van der Waals surface area contributed by atoms with Crippen LogP contribution in [0.25, 0.3) is 17.2 Å². The minimum atomic E-state index is -0.311. The second-order valence-electron chi connectivity index (χ2n) is 7.04. The van der Waals surface area contributed by atoms with Crippen LogP contribution in [0.5, 0.6) is 0 Å². The number of amides is 1. The van der Waals surface area contributed by atoms with Crippen molar-refractivity contribution < 1.29 is 18.7 Å². The first-order valence-electron chi connectivity index (χ1n) is 9.65. The number of halogens is 1. The van der Waals surface area contributed by atoms with Crippen LogP contribution in [0.2, 0.25) is 0 Å². The number of aryl methyl sites for hydroxylation is 1. The van der Waals surface area contributed by atoms with Gasteiger partial charge >= 0.3 is 0 Å². The van der Waals surface area contributed by atoms with Gasteiger partial charge in [0.1, 0.15) is 5.82 Å².